The SMILES string of the molecule is COc1nn(C)cc1C(=O)NS1(=O)=NC(=O)c2ccc3c(c2)N(C[C@@H]2CC[C@H]2[C@@H](OCCN2CCC(OC)CC2)/C=C\C[C@H](C)C1)C[C@@]1(CCCc2cc(Cl)ccc21)CO3. The third-order valence-electron chi connectivity index (χ3n) is 13.3. The molecule has 1 N–H and O–H groups in total. The molecule has 4 heterocycles. The van der Waals surface area contributed by atoms with Crippen molar-refractivity contribution in [1.82, 2.24) is 19.4 Å². The Labute approximate surface area is 359 Å². The maximum Gasteiger partial charge on any atom is 0.286 e. The second-order valence-corrected chi connectivity index (χ2v) is 20.0. The Balaban J connectivity index is 1.15. The zero-order valence-electron chi connectivity index (χ0n) is 35.3. The number of methoxy groups -OCH3 is 2. The number of allylic oxidation sites excluding steroid dienone is 1. The quantitative estimate of drug-likeness (QED) is 0.246. The molecule has 13 nitrogen and oxygen atoms in total. The molecule has 1 aromatic heterocycles. The van der Waals surface area contributed by atoms with Crippen molar-refractivity contribution in [2.24, 2.45) is 29.2 Å². The highest BCUT2D eigenvalue weighted by Crippen LogP contribution is 2.47. The van der Waals surface area contributed by atoms with Gasteiger partial charge in [-0.25, -0.2) is 4.21 Å². The third-order valence-corrected chi connectivity index (χ3v) is 15.5. The van der Waals surface area contributed by atoms with E-state index in [4.69, 9.17) is 30.5 Å². The van der Waals surface area contributed by atoms with E-state index in [9.17, 15) is 13.8 Å². The van der Waals surface area contributed by atoms with Gasteiger partial charge < -0.3 is 28.7 Å². The van der Waals surface area contributed by atoms with Crippen LogP contribution in [0.3, 0.4) is 0 Å². The molecular formula is C45H59ClN6O7S. The van der Waals surface area contributed by atoms with Crippen LogP contribution in [0.5, 0.6) is 11.6 Å². The first-order valence-electron chi connectivity index (χ1n) is 21.5. The molecule has 2 bridgehead atoms. The number of aromatic nitrogens is 2. The highest BCUT2D eigenvalue weighted by Gasteiger charge is 2.44. The maximum atomic E-state index is 14.8. The van der Waals surface area contributed by atoms with E-state index in [1.165, 1.54) is 29.1 Å². The molecule has 60 heavy (non-hydrogen) atoms. The van der Waals surface area contributed by atoms with Crippen LogP contribution in [0.1, 0.15) is 83.7 Å². The number of likely N-dealkylation sites (tertiary alicyclic amines) is 1. The Hall–Kier alpha value is -3.95. The highest BCUT2D eigenvalue weighted by atomic mass is 35.5. The van der Waals surface area contributed by atoms with Gasteiger partial charge in [-0.1, -0.05) is 36.7 Å². The smallest absolute Gasteiger partial charge is 0.286 e. The number of fused-ring (bicyclic) bond motifs is 4. The molecule has 2 amide bonds. The van der Waals surface area contributed by atoms with Gasteiger partial charge in [0.1, 0.15) is 21.2 Å². The summed E-state index contributed by atoms with van der Waals surface area (Å²) in [6, 6.07) is 11.6. The minimum atomic E-state index is -3.64. The summed E-state index contributed by atoms with van der Waals surface area (Å²) >= 11 is 6.52. The molecule has 5 aliphatic rings. The molecule has 3 aliphatic heterocycles. The van der Waals surface area contributed by atoms with Gasteiger partial charge in [0.05, 0.1) is 44.0 Å². The van der Waals surface area contributed by atoms with Gasteiger partial charge in [0.25, 0.3) is 11.8 Å². The van der Waals surface area contributed by atoms with Crippen LogP contribution in [0.15, 0.2) is 59.1 Å². The Morgan fingerprint density at radius 3 is 2.72 bits per heavy atom. The van der Waals surface area contributed by atoms with E-state index < -0.39 is 21.7 Å². The Bertz CT molecular complexity index is 2210. The molecule has 6 atom stereocenters. The molecule has 324 valence electrons. The van der Waals surface area contributed by atoms with Crippen LogP contribution in [0.25, 0.3) is 0 Å². The fourth-order valence-corrected chi connectivity index (χ4v) is 12.0. The number of benzene rings is 2. The van der Waals surface area contributed by atoms with E-state index in [-0.39, 0.29) is 40.2 Å². The summed E-state index contributed by atoms with van der Waals surface area (Å²) in [5, 5.41) is 4.92. The Morgan fingerprint density at radius 1 is 1.12 bits per heavy atom. The predicted molar refractivity (Wildman–Crippen MR) is 233 cm³/mol. The summed E-state index contributed by atoms with van der Waals surface area (Å²) < 4.78 is 47.7. The average Bonchev–Trinajstić information content (AvgIpc) is 3.54. The average molecular weight is 864 g/mol. The van der Waals surface area contributed by atoms with E-state index in [1.54, 1.807) is 20.2 Å². The standard InChI is InChI=1S/C45H59ClN6O7S/c1-30-7-5-9-40(58-22-21-51-19-16-35(56-3)17-20-51)36-13-10-33(36)25-52-28-45(18-6-8-31-23-34(46)12-14-38(31)45)29-59-41-15-11-32(24-39(41)52)42(53)48-60(55,27-30)49-43(54)37-26-50(2)47-44(37)57-4/h5,9,11-12,14-15,23-24,26,30,33,35-36,40H,6-8,10,13,16-22,25,27-29H2,1-4H3,(H,48,49,53,54,55)/b9-5-/t30-,33-,36+,40-,45-,60?/m0/s1. The van der Waals surface area contributed by atoms with Gasteiger partial charge in [0.15, 0.2) is 0 Å². The number of nitrogens with zero attached hydrogens (tertiary/aromatic N) is 5. The van der Waals surface area contributed by atoms with Gasteiger partial charge in [-0.2, -0.15) is 0 Å². The second-order valence-electron chi connectivity index (χ2n) is 17.5. The lowest BCUT2D eigenvalue weighted by molar-refractivity contribution is -0.0274. The van der Waals surface area contributed by atoms with Gasteiger partial charge >= 0.3 is 0 Å². The van der Waals surface area contributed by atoms with E-state index in [0.717, 1.165) is 81.8 Å². The summed E-state index contributed by atoms with van der Waals surface area (Å²) in [4.78, 5) is 32.8. The van der Waals surface area contributed by atoms with Crippen LogP contribution in [0.2, 0.25) is 5.02 Å². The first-order chi connectivity index (χ1) is 28.9. The number of piperidine rings is 1. The fourth-order valence-electron chi connectivity index (χ4n) is 9.95. The number of carbonyl (C=O) groups is 2. The molecule has 15 heteroatoms. The molecule has 1 saturated carbocycles. The molecule has 1 unspecified atom stereocenters. The molecule has 2 aliphatic carbocycles. The summed E-state index contributed by atoms with van der Waals surface area (Å²) in [5.41, 5.74) is 3.41. The Kier molecular flexibility index (Phi) is 12.9. The number of anilines is 1. The van der Waals surface area contributed by atoms with Crippen molar-refractivity contribution < 1.29 is 32.7 Å². The van der Waals surface area contributed by atoms with E-state index in [0.29, 0.717) is 49.9 Å². The number of rotatable bonds is 8. The predicted octanol–water partition coefficient (Wildman–Crippen LogP) is 6.63. The van der Waals surface area contributed by atoms with E-state index in [2.05, 4.69) is 48.3 Å². The number of aryl methyl sites for hydroxylation is 2. The van der Waals surface area contributed by atoms with Crippen molar-refractivity contribution in [3.63, 3.8) is 0 Å². The van der Waals surface area contributed by atoms with E-state index in [1.807, 2.05) is 25.1 Å². The number of halogens is 1. The lowest BCUT2D eigenvalue weighted by atomic mass is 9.68. The van der Waals surface area contributed by atoms with Gasteiger partial charge in [-0.15, -0.1) is 9.46 Å². The normalized spacial score (nSPS) is 29.3. The molecule has 1 spiro atoms. The summed E-state index contributed by atoms with van der Waals surface area (Å²) in [6.45, 7) is 7.38. The number of hydrogen-bond acceptors (Lipinski definition) is 10. The topological polar surface area (TPSA) is 137 Å². The van der Waals surface area contributed by atoms with Gasteiger partial charge in [0, 0.05) is 69.1 Å². The van der Waals surface area contributed by atoms with Crippen LogP contribution >= 0.6 is 11.6 Å². The van der Waals surface area contributed by atoms with Crippen molar-refractivity contribution in [1.29, 1.82) is 0 Å². The summed E-state index contributed by atoms with van der Waals surface area (Å²) in [6.07, 6.45) is 13.7. The zero-order valence-corrected chi connectivity index (χ0v) is 36.8. The van der Waals surface area contributed by atoms with Crippen LogP contribution in [-0.4, -0.2) is 109 Å². The molecular weight excluding hydrogens is 804 g/mol. The third kappa shape index (κ3) is 9.28. The monoisotopic (exact) mass is 862 g/mol. The zero-order chi connectivity index (χ0) is 42.0. The molecule has 2 fully saturated rings. The van der Waals surface area contributed by atoms with Gasteiger partial charge in [0.2, 0.25) is 5.88 Å². The minimum Gasteiger partial charge on any atom is -0.490 e. The number of amides is 2. The highest BCUT2D eigenvalue weighted by molar-refractivity contribution is 7.92. The maximum absolute atomic E-state index is 14.8. The largest absolute Gasteiger partial charge is 0.490 e. The number of nitrogens with one attached hydrogen (secondary N) is 1. The first-order valence-corrected chi connectivity index (χ1v) is 23.5. The lowest BCUT2D eigenvalue weighted by Gasteiger charge is -2.46. The molecule has 1 saturated heterocycles. The van der Waals surface area contributed by atoms with Crippen molar-refractivity contribution >= 4 is 39.0 Å². The van der Waals surface area contributed by atoms with Crippen molar-refractivity contribution in [3.8, 4) is 11.6 Å². The molecule has 2 aromatic carbocycles. The number of hydrogen-bond donors (Lipinski definition) is 1. The van der Waals surface area contributed by atoms with Crippen LogP contribution < -0.4 is 19.1 Å². The fraction of sp³-hybridized carbons (Fsp3) is 0.578. The van der Waals surface area contributed by atoms with Crippen molar-refractivity contribution in [2.45, 2.75) is 75.9 Å². The van der Waals surface area contributed by atoms with Gasteiger partial charge in [-0.05, 0) is 111 Å². The van der Waals surface area contributed by atoms with Crippen LogP contribution in [-0.2, 0) is 38.3 Å². The van der Waals surface area contributed by atoms with Crippen molar-refractivity contribution in [2.75, 3.05) is 70.8 Å². The van der Waals surface area contributed by atoms with Crippen LogP contribution in [0, 0.1) is 17.8 Å². The number of carbonyl (C=O) groups excluding carboxylic acids is 2. The van der Waals surface area contributed by atoms with Crippen molar-refractivity contribution in [3.05, 3.63) is 82.0 Å². The van der Waals surface area contributed by atoms with Gasteiger partial charge in [-0.3, -0.25) is 19.0 Å². The summed E-state index contributed by atoms with van der Waals surface area (Å²) in [7, 11) is 1.24. The number of ether oxygens (including phenoxy) is 4. The molecule has 8 rings (SSSR count). The minimum absolute atomic E-state index is 0.0431. The molecule has 0 radical (unpaired) electrons. The first kappa shape index (κ1) is 42.7. The Morgan fingerprint density at radius 2 is 1.95 bits per heavy atom. The second kappa shape index (κ2) is 18.2. The van der Waals surface area contributed by atoms with E-state index >= 15 is 0 Å². The lowest BCUT2D eigenvalue weighted by Crippen LogP contribution is -2.50. The summed E-state index contributed by atoms with van der Waals surface area (Å²) in [5.74, 6) is -0.181. The van der Waals surface area contributed by atoms with Crippen LogP contribution in [0.4, 0.5) is 5.69 Å². The molecule has 3 aromatic rings.